The maximum atomic E-state index is 12.4. The van der Waals surface area contributed by atoms with Gasteiger partial charge < -0.3 is 9.32 Å². The van der Waals surface area contributed by atoms with E-state index in [0.29, 0.717) is 17.3 Å². The Kier molecular flexibility index (Phi) is 4.64. The van der Waals surface area contributed by atoms with E-state index in [1.54, 1.807) is 18.2 Å². The largest absolute Gasteiger partial charge is 0.465 e. The predicted octanol–water partition coefficient (Wildman–Crippen LogP) is 1.99. The van der Waals surface area contributed by atoms with Crippen LogP contribution in [0.2, 0.25) is 0 Å². The Morgan fingerprint density at radius 3 is 2.65 bits per heavy atom. The fraction of sp³-hybridized carbons (Fsp3) is 0.176. The molecule has 0 radical (unpaired) electrons. The Bertz CT molecular complexity index is 726. The highest BCUT2D eigenvalue weighted by atomic mass is 32.2. The third-order valence-electron chi connectivity index (χ3n) is 3.47. The minimum Gasteiger partial charge on any atom is -0.465 e. The van der Waals surface area contributed by atoms with Crippen molar-refractivity contribution in [3.63, 3.8) is 0 Å². The lowest BCUT2D eigenvalue weighted by atomic mass is 10.2. The molecule has 23 heavy (non-hydrogen) atoms. The number of benzene rings is 1. The molecule has 1 N–H and O–H groups in total. The van der Waals surface area contributed by atoms with E-state index in [4.69, 9.17) is 4.42 Å². The van der Waals surface area contributed by atoms with Gasteiger partial charge in [-0.3, -0.25) is 9.59 Å². The van der Waals surface area contributed by atoms with E-state index in [2.05, 4.69) is 0 Å². The Balaban J connectivity index is 1.66. The minimum absolute atomic E-state index is 0.236. The van der Waals surface area contributed by atoms with Gasteiger partial charge in [-0.2, -0.15) is 0 Å². The standard InChI is InChI=1S/C17H16N2O3S/c1-18(11-13-6-3-2-4-7-13)12-19-16(20)15(23-17(19)21)10-14-8-5-9-22-14/h2-10H,11-12H2,1H3/p+1/b15-10+. The van der Waals surface area contributed by atoms with Crippen LogP contribution in [0.25, 0.3) is 6.08 Å². The number of amides is 2. The molecule has 6 heteroatoms. The topological polar surface area (TPSA) is 55.0 Å². The van der Waals surface area contributed by atoms with E-state index in [-0.39, 0.29) is 11.1 Å². The van der Waals surface area contributed by atoms with Gasteiger partial charge >= 0.3 is 0 Å². The van der Waals surface area contributed by atoms with Crippen molar-refractivity contribution in [2.24, 2.45) is 0 Å². The van der Waals surface area contributed by atoms with Crippen molar-refractivity contribution >= 4 is 29.0 Å². The zero-order valence-corrected chi connectivity index (χ0v) is 13.5. The van der Waals surface area contributed by atoms with Crippen LogP contribution in [0.1, 0.15) is 11.3 Å². The van der Waals surface area contributed by atoms with E-state index in [1.165, 1.54) is 16.7 Å². The third kappa shape index (κ3) is 3.72. The van der Waals surface area contributed by atoms with Crippen LogP contribution in [0.4, 0.5) is 4.79 Å². The molecule has 2 amide bonds. The van der Waals surface area contributed by atoms with Crippen molar-refractivity contribution < 1.29 is 18.9 Å². The van der Waals surface area contributed by atoms with Crippen LogP contribution in [-0.4, -0.2) is 29.8 Å². The highest BCUT2D eigenvalue weighted by Crippen LogP contribution is 2.31. The Hall–Kier alpha value is -2.31. The first-order valence-corrected chi connectivity index (χ1v) is 8.09. The molecule has 0 aliphatic carbocycles. The van der Waals surface area contributed by atoms with Crippen molar-refractivity contribution in [3.05, 3.63) is 65.0 Å². The summed E-state index contributed by atoms with van der Waals surface area (Å²) in [5.41, 5.74) is 1.17. The molecule has 1 aromatic carbocycles. The maximum absolute atomic E-state index is 12.4. The van der Waals surface area contributed by atoms with Crippen LogP contribution < -0.4 is 4.90 Å². The summed E-state index contributed by atoms with van der Waals surface area (Å²) >= 11 is 0.954. The fourth-order valence-electron chi connectivity index (χ4n) is 2.41. The number of carbonyl (C=O) groups excluding carboxylic acids is 2. The average molecular weight is 329 g/mol. The number of rotatable bonds is 5. The maximum Gasteiger partial charge on any atom is 0.298 e. The van der Waals surface area contributed by atoms with Crippen LogP contribution >= 0.6 is 11.8 Å². The van der Waals surface area contributed by atoms with Gasteiger partial charge in [-0.1, -0.05) is 30.3 Å². The van der Waals surface area contributed by atoms with Crippen molar-refractivity contribution in [2.75, 3.05) is 13.7 Å². The fourth-order valence-corrected chi connectivity index (χ4v) is 3.23. The molecule has 1 atom stereocenters. The lowest BCUT2D eigenvalue weighted by Crippen LogP contribution is -3.09. The van der Waals surface area contributed by atoms with E-state index < -0.39 is 0 Å². The second kappa shape index (κ2) is 6.85. The summed E-state index contributed by atoms with van der Waals surface area (Å²) in [6.45, 7) is 1.09. The number of nitrogens with zero attached hydrogens (tertiary/aromatic N) is 1. The van der Waals surface area contributed by atoms with Crippen molar-refractivity contribution in [2.45, 2.75) is 6.54 Å². The van der Waals surface area contributed by atoms with Gasteiger partial charge in [0.1, 0.15) is 12.3 Å². The van der Waals surface area contributed by atoms with E-state index in [9.17, 15) is 9.59 Å². The summed E-state index contributed by atoms with van der Waals surface area (Å²) in [7, 11) is 1.96. The highest BCUT2D eigenvalue weighted by molar-refractivity contribution is 8.18. The van der Waals surface area contributed by atoms with Gasteiger partial charge in [0.2, 0.25) is 0 Å². The third-order valence-corrected chi connectivity index (χ3v) is 4.37. The minimum atomic E-state index is -0.260. The second-order valence-corrected chi connectivity index (χ2v) is 6.40. The summed E-state index contributed by atoms with van der Waals surface area (Å²) in [5.74, 6) is 0.310. The summed E-state index contributed by atoms with van der Waals surface area (Å²) in [4.78, 5) is 27.2. The van der Waals surface area contributed by atoms with Crippen molar-refractivity contribution in [1.29, 1.82) is 0 Å². The van der Waals surface area contributed by atoms with Crippen LogP contribution in [0.5, 0.6) is 0 Å². The molecule has 1 aliphatic heterocycles. The number of carbonyl (C=O) groups is 2. The molecule has 2 aromatic rings. The Morgan fingerprint density at radius 1 is 1.17 bits per heavy atom. The average Bonchev–Trinajstić information content (AvgIpc) is 3.13. The van der Waals surface area contributed by atoms with Gasteiger partial charge in [0, 0.05) is 11.6 Å². The van der Waals surface area contributed by atoms with Crippen LogP contribution in [-0.2, 0) is 11.3 Å². The van der Waals surface area contributed by atoms with Gasteiger partial charge in [-0.25, -0.2) is 4.90 Å². The summed E-state index contributed by atoms with van der Waals surface area (Å²) in [5, 5.41) is -0.236. The number of thioether (sulfide) groups is 1. The molecule has 1 saturated heterocycles. The van der Waals surface area contributed by atoms with Crippen LogP contribution in [0, 0.1) is 0 Å². The first-order valence-electron chi connectivity index (χ1n) is 7.27. The molecule has 2 heterocycles. The second-order valence-electron chi connectivity index (χ2n) is 5.40. The molecule has 1 unspecified atom stereocenters. The highest BCUT2D eigenvalue weighted by Gasteiger charge is 2.37. The lowest BCUT2D eigenvalue weighted by molar-refractivity contribution is -0.901. The molecule has 5 nitrogen and oxygen atoms in total. The zero-order valence-electron chi connectivity index (χ0n) is 12.7. The van der Waals surface area contributed by atoms with Gasteiger partial charge in [0.25, 0.3) is 11.1 Å². The number of furan rings is 1. The molecule has 1 aliphatic rings. The summed E-state index contributed by atoms with van der Waals surface area (Å²) in [6, 6.07) is 13.5. The smallest absolute Gasteiger partial charge is 0.298 e. The molecule has 0 saturated carbocycles. The molecule has 3 rings (SSSR count). The first kappa shape index (κ1) is 15.6. The van der Waals surface area contributed by atoms with E-state index in [1.807, 2.05) is 37.4 Å². The van der Waals surface area contributed by atoms with Gasteiger partial charge in [0.15, 0.2) is 6.67 Å². The van der Waals surface area contributed by atoms with E-state index >= 15 is 0 Å². The van der Waals surface area contributed by atoms with Gasteiger partial charge in [0.05, 0.1) is 18.2 Å². The lowest BCUT2D eigenvalue weighted by Gasteiger charge is -2.19. The number of imide groups is 1. The quantitative estimate of drug-likeness (QED) is 0.853. The SMILES string of the molecule is C[NH+](Cc1ccccc1)CN1C(=O)S/C(=C/c2ccco2)C1=O. The number of quaternary nitrogens is 1. The van der Waals surface area contributed by atoms with Crippen molar-refractivity contribution in [3.8, 4) is 0 Å². The predicted molar refractivity (Wildman–Crippen MR) is 88.4 cm³/mol. The molecule has 1 fully saturated rings. The molecule has 0 bridgehead atoms. The molecule has 118 valence electrons. The van der Waals surface area contributed by atoms with Crippen LogP contribution in [0.3, 0.4) is 0 Å². The molecule has 0 spiro atoms. The first-order chi connectivity index (χ1) is 11.1. The molecular weight excluding hydrogens is 312 g/mol. The Morgan fingerprint density at radius 2 is 1.96 bits per heavy atom. The summed E-state index contributed by atoms with van der Waals surface area (Å²) in [6.07, 6.45) is 3.14. The summed E-state index contributed by atoms with van der Waals surface area (Å²) < 4.78 is 5.20. The molecular formula is C17H17N2O3S+. The monoisotopic (exact) mass is 329 g/mol. The van der Waals surface area contributed by atoms with Gasteiger partial charge in [-0.15, -0.1) is 0 Å². The van der Waals surface area contributed by atoms with E-state index in [0.717, 1.165) is 23.2 Å². The zero-order chi connectivity index (χ0) is 16.2. The number of nitrogens with one attached hydrogen (secondary N) is 1. The van der Waals surface area contributed by atoms with Crippen LogP contribution in [0.15, 0.2) is 58.1 Å². The molecule has 1 aromatic heterocycles. The normalized spacial score (nSPS) is 18.0. The number of hydrogen-bond acceptors (Lipinski definition) is 4. The Labute approximate surface area is 138 Å². The number of hydrogen-bond donors (Lipinski definition) is 1. The van der Waals surface area contributed by atoms with Gasteiger partial charge in [-0.05, 0) is 23.9 Å². The van der Waals surface area contributed by atoms with Crippen molar-refractivity contribution in [1.82, 2.24) is 4.90 Å².